The molecule has 1 aromatic rings. The summed E-state index contributed by atoms with van der Waals surface area (Å²) in [6.45, 7) is 2.36. The molecular formula is C17H21NO. The van der Waals surface area contributed by atoms with Crippen LogP contribution in [0, 0.1) is 11.3 Å². The van der Waals surface area contributed by atoms with Crippen LogP contribution in [-0.2, 0) is 5.41 Å². The maximum absolute atomic E-state index is 6.47. The van der Waals surface area contributed by atoms with Crippen LogP contribution in [0.5, 0.6) is 5.75 Å². The molecule has 5 aliphatic rings. The highest BCUT2D eigenvalue weighted by atomic mass is 16.5. The second-order valence-electron chi connectivity index (χ2n) is 7.05. The normalized spacial score (nSPS) is 46.1. The van der Waals surface area contributed by atoms with Crippen molar-refractivity contribution in [1.29, 1.82) is 0 Å². The van der Waals surface area contributed by atoms with Gasteiger partial charge in [0.1, 0.15) is 11.9 Å². The molecule has 2 nitrogen and oxygen atoms in total. The monoisotopic (exact) mass is 255 g/mol. The molecule has 19 heavy (non-hydrogen) atoms. The fourth-order valence-corrected chi connectivity index (χ4v) is 5.85. The molecule has 0 aromatic heterocycles. The standard InChI is InChI=1S/C17H21NO/c1-2-4-14-13(3-1)17-9-10-18-11-16(17)7-5-12(6-8-16)15(17)19-14/h1-4,12,15,18H,5-11H2. The van der Waals surface area contributed by atoms with Gasteiger partial charge in [0.2, 0.25) is 0 Å². The predicted octanol–water partition coefficient (Wildman–Crippen LogP) is 2.87. The first-order chi connectivity index (χ1) is 9.36. The summed E-state index contributed by atoms with van der Waals surface area (Å²) in [4.78, 5) is 0. The highest BCUT2D eigenvalue weighted by Crippen LogP contribution is 2.68. The van der Waals surface area contributed by atoms with Crippen molar-refractivity contribution in [2.24, 2.45) is 11.3 Å². The minimum absolute atomic E-state index is 0.329. The fourth-order valence-electron chi connectivity index (χ4n) is 5.85. The number of nitrogens with one attached hydrogen (secondary N) is 1. The van der Waals surface area contributed by atoms with E-state index in [9.17, 15) is 0 Å². The van der Waals surface area contributed by atoms with Crippen molar-refractivity contribution < 1.29 is 4.74 Å². The van der Waals surface area contributed by atoms with Gasteiger partial charge in [-0.05, 0) is 56.0 Å². The molecule has 100 valence electrons. The zero-order valence-corrected chi connectivity index (χ0v) is 11.3. The van der Waals surface area contributed by atoms with Gasteiger partial charge in [0.15, 0.2) is 0 Å². The van der Waals surface area contributed by atoms with Gasteiger partial charge in [-0.3, -0.25) is 0 Å². The molecule has 6 rings (SSSR count). The molecular weight excluding hydrogens is 234 g/mol. The SMILES string of the molecule is c1ccc2c(c1)OC1C3CCC4(CC3)CNCCC214. The van der Waals surface area contributed by atoms with E-state index in [2.05, 4.69) is 29.6 Å². The van der Waals surface area contributed by atoms with E-state index < -0.39 is 0 Å². The number of para-hydroxylation sites is 1. The van der Waals surface area contributed by atoms with Crippen LogP contribution in [0.1, 0.15) is 37.7 Å². The Bertz CT molecular complexity index is 526. The van der Waals surface area contributed by atoms with Crippen molar-refractivity contribution in [3.8, 4) is 5.75 Å². The zero-order chi connectivity index (χ0) is 12.5. The molecule has 1 N–H and O–H groups in total. The third-order valence-electron chi connectivity index (χ3n) is 6.63. The molecule has 2 spiro atoms. The maximum Gasteiger partial charge on any atom is 0.123 e. The molecule has 0 amide bonds. The smallest absolute Gasteiger partial charge is 0.123 e. The first kappa shape index (κ1) is 10.7. The third-order valence-corrected chi connectivity index (χ3v) is 6.63. The third kappa shape index (κ3) is 1.06. The van der Waals surface area contributed by atoms with Gasteiger partial charge >= 0.3 is 0 Å². The van der Waals surface area contributed by atoms with E-state index in [1.807, 2.05) is 0 Å². The Kier molecular flexibility index (Phi) is 1.89. The van der Waals surface area contributed by atoms with Gasteiger partial charge in [-0.15, -0.1) is 0 Å². The van der Waals surface area contributed by atoms with Crippen LogP contribution in [-0.4, -0.2) is 19.2 Å². The highest BCUT2D eigenvalue weighted by molar-refractivity contribution is 5.49. The second-order valence-corrected chi connectivity index (χ2v) is 7.05. The Hall–Kier alpha value is -1.02. The number of benzene rings is 1. The largest absolute Gasteiger partial charge is 0.489 e. The summed E-state index contributed by atoms with van der Waals surface area (Å²) in [5.41, 5.74) is 2.33. The van der Waals surface area contributed by atoms with E-state index in [1.54, 1.807) is 0 Å². The average molecular weight is 255 g/mol. The van der Waals surface area contributed by atoms with Crippen LogP contribution >= 0.6 is 0 Å². The van der Waals surface area contributed by atoms with Crippen molar-refractivity contribution in [2.45, 2.75) is 43.6 Å². The molecule has 2 aliphatic heterocycles. The Labute approximate surface area is 114 Å². The minimum atomic E-state index is 0.329. The van der Waals surface area contributed by atoms with Gasteiger partial charge in [-0.25, -0.2) is 0 Å². The number of fused-ring (bicyclic) bond motifs is 3. The highest BCUT2D eigenvalue weighted by Gasteiger charge is 2.68. The molecule has 2 atom stereocenters. The second kappa shape index (κ2) is 3.35. The van der Waals surface area contributed by atoms with Gasteiger partial charge in [-0.1, -0.05) is 18.2 Å². The van der Waals surface area contributed by atoms with Crippen molar-refractivity contribution in [3.05, 3.63) is 29.8 Å². The maximum atomic E-state index is 6.47. The fraction of sp³-hybridized carbons (Fsp3) is 0.647. The number of hydrogen-bond donors (Lipinski definition) is 1. The number of hydrogen-bond acceptors (Lipinski definition) is 2. The topological polar surface area (TPSA) is 21.3 Å². The van der Waals surface area contributed by atoms with Gasteiger partial charge in [0.25, 0.3) is 0 Å². The lowest BCUT2D eigenvalue weighted by atomic mass is 9.43. The van der Waals surface area contributed by atoms with Gasteiger partial charge < -0.3 is 10.1 Å². The summed E-state index contributed by atoms with van der Waals surface area (Å²) in [7, 11) is 0. The van der Waals surface area contributed by atoms with Crippen LogP contribution in [0.4, 0.5) is 0 Å². The Morgan fingerprint density at radius 2 is 1.95 bits per heavy atom. The molecule has 3 aliphatic carbocycles. The number of ether oxygens (including phenoxy) is 1. The molecule has 4 fully saturated rings. The molecule has 2 bridgehead atoms. The van der Waals surface area contributed by atoms with Crippen molar-refractivity contribution >= 4 is 0 Å². The van der Waals surface area contributed by atoms with Crippen LogP contribution in [0.3, 0.4) is 0 Å². The molecule has 2 heteroatoms. The molecule has 1 saturated heterocycles. The summed E-state index contributed by atoms with van der Waals surface area (Å²) in [5, 5.41) is 3.68. The molecule has 2 heterocycles. The van der Waals surface area contributed by atoms with Crippen molar-refractivity contribution in [2.75, 3.05) is 13.1 Å². The molecule has 3 saturated carbocycles. The van der Waals surface area contributed by atoms with E-state index >= 15 is 0 Å². The minimum Gasteiger partial charge on any atom is -0.489 e. The van der Waals surface area contributed by atoms with Gasteiger partial charge in [0.05, 0.1) is 0 Å². The van der Waals surface area contributed by atoms with E-state index in [-0.39, 0.29) is 0 Å². The zero-order valence-electron chi connectivity index (χ0n) is 11.3. The van der Waals surface area contributed by atoms with Gasteiger partial charge in [-0.2, -0.15) is 0 Å². The molecule has 0 radical (unpaired) electrons. The van der Waals surface area contributed by atoms with E-state index in [0.717, 1.165) is 12.5 Å². The Morgan fingerprint density at radius 1 is 1.11 bits per heavy atom. The summed E-state index contributed by atoms with van der Waals surface area (Å²) in [5.74, 6) is 1.99. The lowest BCUT2D eigenvalue weighted by Gasteiger charge is -2.63. The molecule has 2 unspecified atom stereocenters. The summed E-state index contributed by atoms with van der Waals surface area (Å²) in [6, 6.07) is 8.88. The van der Waals surface area contributed by atoms with Gasteiger partial charge in [0, 0.05) is 17.5 Å². The quantitative estimate of drug-likeness (QED) is 0.769. The number of rotatable bonds is 0. The van der Waals surface area contributed by atoms with Crippen LogP contribution in [0.25, 0.3) is 0 Å². The lowest BCUT2D eigenvalue weighted by Crippen LogP contribution is -2.68. The van der Waals surface area contributed by atoms with Crippen LogP contribution in [0.2, 0.25) is 0 Å². The van der Waals surface area contributed by atoms with E-state index in [4.69, 9.17) is 4.74 Å². The van der Waals surface area contributed by atoms with Crippen molar-refractivity contribution in [1.82, 2.24) is 5.32 Å². The summed E-state index contributed by atoms with van der Waals surface area (Å²) >= 11 is 0. The Morgan fingerprint density at radius 3 is 2.84 bits per heavy atom. The summed E-state index contributed by atoms with van der Waals surface area (Å²) in [6.07, 6.45) is 7.29. The Balaban J connectivity index is 1.78. The first-order valence-electron chi connectivity index (χ1n) is 7.83. The van der Waals surface area contributed by atoms with E-state index in [1.165, 1.54) is 50.0 Å². The lowest BCUT2D eigenvalue weighted by molar-refractivity contribution is -0.118. The first-order valence-corrected chi connectivity index (χ1v) is 7.83. The predicted molar refractivity (Wildman–Crippen MR) is 74.4 cm³/mol. The summed E-state index contributed by atoms with van der Waals surface area (Å²) < 4.78 is 6.47. The van der Waals surface area contributed by atoms with Crippen LogP contribution in [0.15, 0.2) is 24.3 Å². The molecule has 1 aromatic carbocycles. The van der Waals surface area contributed by atoms with E-state index in [0.29, 0.717) is 16.9 Å². The van der Waals surface area contributed by atoms with Crippen LogP contribution < -0.4 is 10.1 Å². The number of piperidine rings is 1. The van der Waals surface area contributed by atoms with Crippen molar-refractivity contribution in [3.63, 3.8) is 0 Å². The average Bonchev–Trinajstić information content (AvgIpc) is 2.83.